The average molecular weight is 454 g/mol. The molecule has 31 heavy (non-hydrogen) atoms. The van der Waals surface area contributed by atoms with Gasteiger partial charge in [-0.05, 0) is 23.3 Å². The number of nitrogens with two attached hydrogens (primary N) is 1. The van der Waals surface area contributed by atoms with Gasteiger partial charge in [-0.1, -0.05) is 48.5 Å². The van der Waals surface area contributed by atoms with Crippen molar-refractivity contribution in [3.05, 3.63) is 77.4 Å². The summed E-state index contributed by atoms with van der Waals surface area (Å²) in [5.41, 5.74) is 7.85. The number of fused-ring (bicyclic) bond motifs is 1. The van der Waals surface area contributed by atoms with E-state index < -0.39 is 23.8 Å². The van der Waals surface area contributed by atoms with Crippen molar-refractivity contribution in [2.24, 2.45) is 17.6 Å². The van der Waals surface area contributed by atoms with Crippen LogP contribution in [0.1, 0.15) is 18.0 Å². The summed E-state index contributed by atoms with van der Waals surface area (Å²) >= 11 is 3.16. The van der Waals surface area contributed by atoms with Gasteiger partial charge < -0.3 is 10.8 Å². The summed E-state index contributed by atoms with van der Waals surface area (Å²) in [6.07, 6.45) is 0.0596. The first kappa shape index (κ1) is 21.9. The maximum absolute atomic E-state index is 12.9. The first-order chi connectivity index (χ1) is 15.0. The Bertz CT molecular complexity index is 1020. The maximum atomic E-state index is 12.9. The zero-order chi connectivity index (χ0) is 22.0. The number of Topliss-reactive ketones (excluding diaryl/α,β-unsaturated/α-hetero) is 2. The van der Waals surface area contributed by atoms with Gasteiger partial charge in [-0.15, -0.1) is 11.8 Å². The lowest BCUT2D eigenvalue weighted by atomic mass is 9.65. The highest BCUT2D eigenvalue weighted by atomic mass is 32.2. The Labute approximate surface area is 189 Å². The number of ketones is 2. The van der Waals surface area contributed by atoms with Crippen LogP contribution in [-0.4, -0.2) is 39.4 Å². The van der Waals surface area contributed by atoms with Crippen molar-refractivity contribution in [1.82, 2.24) is 0 Å². The first-order valence-corrected chi connectivity index (χ1v) is 12.1. The quantitative estimate of drug-likeness (QED) is 0.588. The number of carbonyl (C=O) groups excluding carboxylic acids is 2. The van der Waals surface area contributed by atoms with Crippen LogP contribution >= 0.6 is 23.5 Å². The molecule has 0 amide bonds. The Kier molecular flexibility index (Phi) is 6.65. The highest BCUT2D eigenvalue weighted by Crippen LogP contribution is 2.50. The van der Waals surface area contributed by atoms with Gasteiger partial charge in [0.2, 0.25) is 0 Å². The summed E-state index contributed by atoms with van der Waals surface area (Å²) in [5, 5.41) is 9.66. The molecule has 4 rings (SSSR count). The number of thioether (sulfide) groups is 2. The summed E-state index contributed by atoms with van der Waals surface area (Å²) < 4.78 is 0. The number of carboxylic acids is 1. The molecular weight excluding hydrogens is 430 g/mol. The van der Waals surface area contributed by atoms with Crippen molar-refractivity contribution < 1.29 is 19.5 Å². The van der Waals surface area contributed by atoms with Crippen LogP contribution in [0.15, 0.2) is 76.7 Å². The Morgan fingerprint density at radius 3 is 2.39 bits per heavy atom. The molecule has 1 aliphatic carbocycles. The van der Waals surface area contributed by atoms with Crippen molar-refractivity contribution in [2.75, 3.05) is 11.5 Å². The number of carboxylic acid groups (broad SMARTS) is 1. The van der Waals surface area contributed by atoms with Gasteiger partial charge in [0.25, 0.3) is 0 Å². The van der Waals surface area contributed by atoms with E-state index in [2.05, 4.69) is 0 Å². The molecular formula is C24H23NO4S2. The zero-order valence-corrected chi connectivity index (χ0v) is 18.4. The van der Waals surface area contributed by atoms with E-state index >= 15 is 0 Å². The van der Waals surface area contributed by atoms with Crippen LogP contribution in [0.25, 0.3) is 0 Å². The molecule has 0 aromatic heterocycles. The van der Waals surface area contributed by atoms with E-state index in [9.17, 15) is 19.5 Å². The van der Waals surface area contributed by atoms with Crippen molar-refractivity contribution >= 4 is 41.1 Å². The van der Waals surface area contributed by atoms with E-state index in [0.29, 0.717) is 11.5 Å². The normalized spacial score (nSPS) is 23.6. The fourth-order valence-electron chi connectivity index (χ4n) is 4.18. The number of hydrogen-bond acceptors (Lipinski definition) is 6. The van der Waals surface area contributed by atoms with E-state index in [0.717, 1.165) is 16.0 Å². The molecule has 4 atom stereocenters. The van der Waals surface area contributed by atoms with Gasteiger partial charge in [-0.3, -0.25) is 9.59 Å². The summed E-state index contributed by atoms with van der Waals surface area (Å²) in [6, 6.07) is 18.1. The van der Waals surface area contributed by atoms with Gasteiger partial charge in [0, 0.05) is 39.6 Å². The largest absolute Gasteiger partial charge is 0.478 e. The molecule has 0 saturated heterocycles. The van der Waals surface area contributed by atoms with E-state index in [4.69, 9.17) is 5.73 Å². The Balaban J connectivity index is 1.46. The van der Waals surface area contributed by atoms with Crippen molar-refractivity contribution in [1.29, 1.82) is 0 Å². The van der Waals surface area contributed by atoms with Crippen LogP contribution < -0.4 is 5.73 Å². The Morgan fingerprint density at radius 2 is 1.74 bits per heavy atom. The van der Waals surface area contributed by atoms with Gasteiger partial charge in [-0.2, -0.15) is 11.8 Å². The predicted octanol–water partition coefficient (Wildman–Crippen LogP) is 3.75. The minimum atomic E-state index is -1.03. The fourth-order valence-corrected chi connectivity index (χ4v) is 6.83. The maximum Gasteiger partial charge on any atom is 0.332 e. The van der Waals surface area contributed by atoms with E-state index in [1.165, 1.54) is 0 Å². The van der Waals surface area contributed by atoms with E-state index in [1.807, 2.05) is 48.5 Å². The third-order valence-corrected chi connectivity index (χ3v) is 8.45. The molecule has 5 nitrogen and oxygen atoms in total. The predicted molar refractivity (Wildman–Crippen MR) is 123 cm³/mol. The molecule has 1 heterocycles. The topological polar surface area (TPSA) is 97.5 Å². The summed E-state index contributed by atoms with van der Waals surface area (Å²) in [6.45, 7) is 0. The van der Waals surface area contributed by atoms with Gasteiger partial charge in [-0.25, -0.2) is 4.79 Å². The monoisotopic (exact) mass is 453 g/mol. The Hall–Kier alpha value is -2.35. The average Bonchev–Trinajstić information content (AvgIpc) is 2.80. The number of aliphatic carboxylic acids is 1. The zero-order valence-electron chi connectivity index (χ0n) is 16.8. The van der Waals surface area contributed by atoms with E-state index in [-0.39, 0.29) is 28.8 Å². The van der Waals surface area contributed by atoms with Gasteiger partial charge in [0.05, 0.1) is 12.0 Å². The van der Waals surface area contributed by atoms with Crippen LogP contribution in [0.2, 0.25) is 0 Å². The summed E-state index contributed by atoms with van der Waals surface area (Å²) in [5.74, 6) is -1.36. The SMILES string of the molecule is NC(C(=O)C[C@@H]1C(=O)C2C(C(=O)O)=C(CSc3ccccc3)CS[C@@H]21)c1ccccc1. The molecule has 1 aliphatic heterocycles. The second-order valence-electron chi connectivity index (χ2n) is 7.75. The highest BCUT2D eigenvalue weighted by Gasteiger charge is 2.56. The molecule has 0 radical (unpaired) electrons. The number of benzene rings is 2. The molecule has 1 saturated carbocycles. The molecule has 3 N–H and O–H groups in total. The number of hydrogen-bond donors (Lipinski definition) is 2. The molecule has 160 valence electrons. The third-order valence-electron chi connectivity index (χ3n) is 5.85. The van der Waals surface area contributed by atoms with Gasteiger partial charge in [0.15, 0.2) is 5.78 Å². The van der Waals surface area contributed by atoms with Crippen LogP contribution in [-0.2, 0) is 14.4 Å². The molecule has 2 aromatic carbocycles. The second kappa shape index (κ2) is 9.42. The Morgan fingerprint density at radius 1 is 1.10 bits per heavy atom. The molecule has 7 heteroatoms. The lowest BCUT2D eigenvalue weighted by Crippen LogP contribution is -2.55. The first-order valence-electron chi connectivity index (χ1n) is 10.1. The number of carbonyl (C=O) groups is 3. The second-order valence-corrected chi connectivity index (χ2v) is 9.96. The van der Waals surface area contributed by atoms with Crippen molar-refractivity contribution in [3.8, 4) is 0 Å². The molecule has 2 unspecified atom stereocenters. The minimum Gasteiger partial charge on any atom is -0.478 e. The number of rotatable bonds is 8. The standard InChI is InChI=1S/C24H23NO4S2/c25-21(14-7-3-1-4-8-14)18(26)11-17-22(27)20-19(24(28)29)15(13-31-23(17)20)12-30-16-9-5-2-6-10-16/h1-10,17,20-21,23H,11-13,25H2,(H,28,29)/t17-,20?,21?,23-/m1/s1. The molecule has 2 aromatic rings. The lowest BCUT2D eigenvalue weighted by Gasteiger charge is -2.46. The third kappa shape index (κ3) is 4.49. The van der Waals surface area contributed by atoms with Crippen LogP contribution in [0, 0.1) is 11.8 Å². The van der Waals surface area contributed by atoms with Gasteiger partial charge >= 0.3 is 5.97 Å². The molecule has 0 spiro atoms. The van der Waals surface area contributed by atoms with E-state index in [1.54, 1.807) is 35.7 Å². The highest BCUT2D eigenvalue weighted by molar-refractivity contribution is 8.01. The minimum absolute atomic E-state index is 0.0596. The summed E-state index contributed by atoms with van der Waals surface area (Å²) in [4.78, 5) is 38.7. The van der Waals surface area contributed by atoms with Crippen LogP contribution in [0.4, 0.5) is 0 Å². The van der Waals surface area contributed by atoms with Crippen LogP contribution in [0.3, 0.4) is 0 Å². The van der Waals surface area contributed by atoms with Crippen molar-refractivity contribution in [3.63, 3.8) is 0 Å². The van der Waals surface area contributed by atoms with Crippen molar-refractivity contribution in [2.45, 2.75) is 22.6 Å². The molecule has 2 aliphatic rings. The van der Waals surface area contributed by atoms with Crippen LogP contribution in [0.5, 0.6) is 0 Å². The lowest BCUT2D eigenvalue weighted by molar-refractivity contribution is -0.141. The smallest absolute Gasteiger partial charge is 0.332 e. The fraction of sp³-hybridized carbons (Fsp3) is 0.292. The molecule has 1 fully saturated rings. The van der Waals surface area contributed by atoms with Gasteiger partial charge in [0.1, 0.15) is 5.78 Å². The summed E-state index contributed by atoms with van der Waals surface area (Å²) in [7, 11) is 0. The molecule has 0 bridgehead atoms.